The Morgan fingerprint density at radius 2 is 1.94 bits per heavy atom. The van der Waals surface area contributed by atoms with Gasteiger partial charge in [0.05, 0.1) is 0 Å². The van der Waals surface area contributed by atoms with Crippen LogP contribution in [0.1, 0.15) is 78.6 Å². The Balaban J connectivity index is 2.06. The molecule has 0 heterocycles. The van der Waals surface area contributed by atoms with E-state index in [2.05, 4.69) is 20.8 Å². The van der Waals surface area contributed by atoms with E-state index in [1.165, 1.54) is 38.5 Å². The van der Waals surface area contributed by atoms with Crippen molar-refractivity contribution in [1.82, 2.24) is 0 Å². The molecule has 0 spiro atoms. The fourth-order valence-corrected chi connectivity index (χ4v) is 2.90. The summed E-state index contributed by atoms with van der Waals surface area (Å²) in [6, 6.07) is 0. The zero-order valence-corrected chi connectivity index (χ0v) is 12.0. The molecule has 0 saturated heterocycles. The maximum atomic E-state index is 11.4. The number of Topliss-reactive ketones (excluding diaryl/α,β-unsaturated/α-hetero) is 1. The predicted molar refractivity (Wildman–Crippen MR) is 74.1 cm³/mol. The lowest BCUT2D eigenvalue weighted by atomic mass is 9.83. The fraction of sp³-hybridized carbons (Fsp3) is 0.938. The van der Waals surface area contributed by atoms with Gasteiger partial charge in [0, 0.05) is 12.8 Å². The third-order valence-electron chi connectivity index (χ3n) is 4.13. The van der Waals surface area contributed by atoms with E-state index in [9.17, 15) is 4.79 Å². The van der Waals surface area contributed by atoms with Crippen molar-refractivity contribution in [2.45, 2.75) is 78.6 Å². The summed E-state index contributed by atoms with van der Waals surface area (Å²) in [6.45, 7) is 6.99. The van der Waals surface area contributed by atoms with E-state index in [-0.39, 0.29) is 0 Å². The molecule has 17 heavy (non-hydrogen) atoms. The topological polar surface area (TPSA) is 17.1 Å². The highest BCUT2D eigenvalue weighted by Gasteiger charge is 2.19. The van der Waals surface area contributed by atoms with Gasteiger partial charge < -0.3 is 0 Å². The van der Waals surface area contributed by atoms with Crippen LogP contribution >= 0.6 is 0 Å². The van der Waals surface area contributed by atoms with Gasteiger partial charge in [-0.25, -0.2) is 0 Å². The number of hydrogen-bond donors (Lipinski definition) is 0. The second kappa shape index (κ2) is 7.89. The minimum atomic E-state index is 0.508. The first-order chi connectivity index (χ1) is 8.08. The number of carbonyl (C=O) groups excluding carboxylic acids is 1. The van der Waals surface area contributed by atoms with Crippen molar-refractivity contribution in [3.05, 3.63) is 0 Å². The third kappa shape index (κ3) is 6.85. The van der Waals surface area contributed by atoms with Gasteiger partial charge in [-0.3, -0.25) is 4.79 Å². The highest BCUT2D eigenvalue weighted by atomic mass is 16.1. The molecule has 0 bridgehead atoms. The summed E-state index contributed by atoms with van der Waals surface area (Å²) in [5.74, 6) is 2.92. The highest BCUT2D eigenvalue weighted by molar-refractivity contribution is 5.79. The van der Waals surface area contributed by atoms with Gasteiger partial charge in [0.25, 0.3) is 0 Å². The van der Waals surface area contributed by atoms with Gasteiger partial charge in [-0.05, 0) is 37.0 Å². The van der Waals surface area contributed by atoms with Crippen LogP contribution in [-0.2, 0) is 4.79 Å². The number of rotatable bonds is 7. The maximum absolute atomic E-state index is 11.4. The van der Waals surface area contributed by atoms with Crippen LogP contribution in [0.25, 0.3) is 0 Å². The van der Waals surface area contributed by atoms with Crippen LogP contribution in [0.15, 0.2) is 0 Å². The van der Waals surface area contributed by atoms with Gasteiger partial charge in [0.2, 0.25) is 0 Å². The molecule has 0 aromatic heterocycles. The Hall–Kier alpha value is -0.330. The standard InChI is InChI=1S/C16H30O/c1-13(2)6-4-7-14(3)10-11-15-8-5-9-16(17)12-15/h13-15H,4-12H2,1-3H3. The van der Waals surface area contributed by atoms with Gasteiger partial charge in [-0.15, -0.1) is 0 Å². The van der Waals surface area contributed by atoms with E-state index in [4.69, 9.17) is 0 Å². The highest BCUT2D eigenvalue weighted by Crippen LogP contribution is 2.28. The lowest BCUT2D eigenvalue weighted by Gasteiger charge is -2.22. The largest absolute Gasteiger partial charge is 0.300 e. The van der Waals surface area contributed by atoms with Crippen molar-refractivity contribution in [1.29, 1.82) is 0 Å². The van der Waals surface area contributed by atoms with Crippen molar-refractivity contribution >= 4 is 5.78 Å². The SMILES string of the molecule is CC(C)CCCC(C)CCC1CCCC(=O)C1. The minimum absolute atomic E-state index is 0.508. The van der Waals surface area contributed by atoms with E-state index in [0.29, 0.717) is 11.7 Å². The number of ketones is 1. The molecule has 1 saturated carbocycles. The fourth-order valence-electron chi connectivity index (χ4n) is 2.90. The zero-order chi connectivity index (χ0) is 12.7. The smallest absolute Gasteiger partial charge is 0.133 e. The first-order valence-electron chi connectivity index (χ1n) is 7.59. The Morgan fingerprint density at radius 1 is 1.18 bits per heavy atom. The minimum Gasteiger partial charge on any atom is -0.300 e. The second-order valence-corrected chi connectivity index (χ2v) is 6.51. The molecular weight excluding hydrogens is 208 g/mol. The molecular formula is C16H30O. The predicted octanol–water partition coefficient (Wildman–Crippen LogP) is 4.99. The average molecular weight is 238 g/mol. The van der Waals surface area contributed by atoms with E-state index < -0.39 is 0 Å². The summed E-state index contributed by atoms with van der Waals surface area (Å²) < 4.78 is 0. The molecule has 0 N–H and O–H groups in total. The normalized spacial score (nSPS) is 23.1. The zero-order valence-electron chi connectivity index (χ0n) is 12.0. The van der Waals surface area contributed by atoms with E-state index in [1.54, 1.807) is 0 Å². The molecule has 0 amide bonds. The molecule has 2 atom stereocenters. The first kappa shape index (κ1) is 14.7. The third-order valence-corrected chi connectivity index (χ3v) is 4.13. The summed E-state index contributed by atoms with van der Waals surface area (Å²) in [7, 11) is 0. The molecule has 1 nitrogen and oxygen atoms in total. The first-order valence-corrected chi connectivity index (χ1v) is 7.59. The van der Waals surface area contributed by atoms with Crippen molar-refractivity contribution in [3.63, 3.8) is 0 Å². The van der Waals surface area contributed by atoms with Crippen LogP contribution in [0.3, 0.4) is 0 Å². The quantitative estimate of drug-likeness (QED) is 0.611. The summed E-state index contributed by atoms with van der Waals surface area (Å²) in [4.78, 5) is 11.4. The molecule has 1 heteroatoms. The van der Waals surface area contributed by atoms with Crippen LogP contribution in [0.4, 0.5) is 0 Å². The molecule has 0 aromatic carbocycles. The summed E-state index contributed by atoms with van der Waals surface area (Å²) in [5, 5.41) is 0. The van der Waals surface area contributed by atoms with E-state index >= 15 is 0 Å². The average Bonchev–Trinajstić information content (AvgIpc) is 2.26. The van der Waals surface area contributed by atoms with Crippen molar-refractivity contribution in [3.8, 4) is 0 Å². The summed E-state index contributed by atoms with van der Waals surface area (Å²) in [6.07, 6.45) is 10.9. The Labute approximate surface area is 107 Å². The number of carbonyl (C=O) groups is 1. The molecule has 1 fully saturated rings. The van der Waals surface area contributed by atoms with Gasteiger partial charge in [-0.1, -0.05) is 46.5 Å². The molecule has 0 aromatic rings. The lowest BCUT2D eigenvalue weighted by Crippen LogP contribution is -2.15. The van der Waals surface area contributed by atoms with E-state index in [1.807, 2.05) is 0 Å². The number of hydrogen-bond acceptors (Lipinski definition) is 1. The van der Waals surface area contributed by atoms with Crippen LogP contribution in [0.5, 0.6) is 0 Å². The molecule has 1 aliphatic rings. The summed E-state index contributed by atoms with van der Waals surface area (Å²) in [5.41, 5.74) is 0. The van der Waals surface area contributed by atoms with Crippen LogP contribution in [-0.4, -0.2) is 5.78 Å². The van der Waals surface area contributed by atoms with Crippen molar-refractivity contribution < 1.29 is 4.79 Å². The molecule has 100 valence electrons. The van der Waals surface area contributed by atoms with Gasteiger partial charge in [-0.2, -0.15) is 0 Å². The second-order valence-electron chi connectivity index (χ2n) is 6.51. The molecule has 2 unspecified atom stereocenters. The van der Waals surface area contributed by atoms with E-state index in [0.717, 1.165) is 31.1 Å². The Bertz CT molecular complexity index is 220. The van der Waals surface area contributed by atoms with Gasteiger partial charge in [0.15, 0.2) is 0 Å². The molecule has 0 aliphatic heterocycles. The Kier molecular flexibility index (Phi) is 6.84. The Morgan fingerprint density at radius 3 is 2.59 bits per heavy atom. The maximum Gasteiger partial charge on any atom is 0.133 e. The van der Waals surface area contributed by atoms with Crippen molar-refractivity contribution in [2.75, 3.05) is 0 Å². The van der Waals surface area contributed by atoms with Gasteiger partial charge in [0.1, 0.15) is 5.78 Å². The van der Waals surface area contributed by atoms with Crippen LogP contribution < -0.4 is 0 Å². The van der Waals surface area contributed by atoms with Crippen molar-refractivity contribution in [2.24, 2.45) is 17.8 Å². The van der Waals surface area contributed by atoms with Crippen LogP contribution in [0, 0.1) is 17.8 Å². The molecule has 1 aliphatic carbocycles. The lowest BCUT2D eigenvalue weighted by molar-refractivity contribution is -0.121. The van der Waals surface area contributed by atoms with Crippen LogP contribution in [0.2, 0.25) is 0 Å². The monoisotopic (exact) mass is 238 g/mol. The van der Waals surface area contributed by atoms with Gasteiger partial charge >= 0.3 is 0 Å². The molecule has 0 radical (unpaired) electrons. The summed E-state index contributed by atoms with van der Waals surface area (Å²) >= 11 is 0. The molecule has 1 rings (SSSR count).